The highest BCUT2D eigenvalue weighted by atomic mass is 19.1. The fraction of sp³-hybridized carbons (Fsp3) is 0.381. The van der Waals surface area contributed by atoms with Gasteiger partial charge in [0, 0.05) is 30.3 Å². The van der Waals surface area contributed by atoms with Crippen LogP contribution in [0.25, 0.3) is 11.1 Å². The third-order valence-corrected chi connectivity index (χ3v) is 5.44. The molecule has 0 aromatic heterocycles. The quantitative estimate of drug-likeness (QED) is 0.917. The van der Waals surface area contributed by atoms with Gasteiger partial charge in [-0.25, -0.2) is 4.39 Å². The molecule has 136 valence electrons. The number of halogens is 1. The number of nitrogens with zero attached hydrogens (tertiary/aromatic N) is 2. The van der Waals surface area contributed by atoms with Crippen molar-refractivity contribution in [1.82, 2.24) is 9.80 Å². The van der Waals surface area contributed by atoms with Crippen LogP contribution in [0.1, 0.15) is 29.6 Å². The number of benzene rings is 2. The fourth-order valence-electron chi connectivity index (χ4n) is 3.88. The molecular weight excluding hydrogens is 331 g/mol. The van der Waals surface area contributed by atoms with Crippen molar-refractivity contribution in [2.75, 3.05) is 26.2 Å². The molecule has 1 amide bonds. The summed E-state index contributed by atoms with van der Waals surface area (Å²) in [7, 11) is 0. The molecule has 0 atom stereocenters. The Morgan fingerprint density at radius 1 is 1.04 bits per heavy atom. The lowest BCUT2D eigenvalue weighted by Crippen LogP contribution is -2.61. The van der Waals surface area contributed by atoms with Gasteiger partial charge in [-0.2, -0.15) is 0 Å². The summed E-state index contributed by atoms with van der Waals surface area (Å²) in [6, 6.07) is 11.4. The highest BCUT2D eigenvalue weighted by Crippen LogP contribution is 2.31. The molecule has 2 heterocycles. The molecule has 1 N–H and O–H groups in total. The molecule has 5 heteroatoms. The van der Waals surface area contributed by atoms with Gasteiger partial charge in [-0.1, -0.05) is 18.6 Å². The van der Waals surface area contributed by atoms with E-state index >= 15 is 0 Å². The number of phenolic OH excluding ortho intramolecular Hbond substituents is 1. The maximum Gasteiger partial charge on any atom is 0.253 e. The van der Waals surface area contributed by atoms with Crippen LogP contribution in [-0.4, -0.2) is 53.0 Å². The van der Waals surface area contributed by atoms with Crippen LogP contribution < -0.4 is 0 Å². The van der Waals surface area contributed by atoms with Crippen molar-refractivity contribution < 1.29 is 14.3 Å². The van der Waals surface area contributed by atoms with Gasteiger partial charge in [0.05, 0.1) is 0 Å². The molecule has 2 aromatic rings. The zero-order chi connectivity index (χ0) is 18.1. The predicted octanol–water partition coefficient (Wildman–Crippen LogP) is 3.51. The minimum Gasteiger partial charge on any atom is -0.507 e. The Hall–Kier alpha value is -2.40. The fourth-order valence-corrected chi connectivity index (χ4v) is 3.88. The Morgan fingerprint density at radius 2 is 1.81 bits per heavy atom. The number of aromatic hydroxyl groups is 1. The minimum absolute atomic E-state index is 0.00370. The van der Waals surface area contributed by atoms with Crippen molar-refractivity contribution in [1.29, 1.82) is 0 Å². The van der Waals surface area contributed by atoms with E-state index in [4.69, 9.17) is 0 Å². The van der Waals surface area contributed by atoms with Gasteiger partial charge in [0.2, 0.25) is 0 Å². The molecule has 0 spiro atoms. The summed E-state index contributed by atoms with van der Waals surface area (Å²) in [6.07, 6.45) is 3.82. The molecule has 4 nitrogen and oxygen atoms in total. The summed E-state index contributed by atoms with van der Waals surface area (Å²) in [5.74, 6) is -0.414. The van der Waals surface area contributed by atoms with E-state index in [-0.39, 0.29) is 11.7 Å². The van der Waals surface area contributed by atoms with Gasteiger partial charge >= 0.3 is 0 Å². The van der Waals surface area contributed by atoms with E-state index in [1.807, 2.05) is 4.90 Å². The van der Waals surface area contributed by atoms with Crippen molar-refractivity contribution in [2.24, 2.45) is 0 Å². The van der Waals surface area contributed by atoms with Crippen LogP contribution in [0.2, 0.25) is 0 Å². The van der Waals surface area contributed by atoms with Crippen molar-refractivity contribution in [3.8, 4) is 16.9 Å². The molecule has 4 rings (SSSR count). The normalized spacial score (nSPS) is 18.6. The largest absolute Gasteiger partial charge is 0.507 e. The van der Waals surface area contributed by atoms with Crippen LogP contribution in [0.5, 0.6) is 5.75 Å². The molecule has 2 aliphatic heterocycles. The number of hydrogen-bond donors (Lipinski definition) is 1. The van der Waals surface area contributed by atoms with Gasteiger partial charge in [-0.05, 0) is 61.8 Å². The standard InChI is InChI=1S/C21H23FN2O2/c22-17-7-8-20(25)19(12-17)15-5-4-6-16(11-15)21(26)24-13-18(14-24)23-9-2-1-3-10-23/h4-8,11-12,18,25H,1-3,9-10,13-14H2. The number of piperidine rings is 1. The first-order chi connectivity index (χ1) is 12.6. The second-order valence-corrected chi connectivity index (χ2v) is 7.20. The maximum absolute atomic E-state index is 13.5. The number of carbonyl (C=O) groups excluding carboxylic acids is 1. The van der Waals surface area contributed by atoms with E-state index in [0.29, 0.717) is 22.7 Å². The van der Waals surface area contributed by atoms with E-state index in [9.17, 15) is 14.3 Å². The summed E-state index contributed by atoms with van der Waals surface area (Å²) in [6.45, 7) is 3.82. The van der Waals surface area contributed by atoms with E-state index in [2.05, 4.69) is 4.90 Å². The second-order valence-electron chi connectivity index (χ2n) is 7.20. The number of carbonyl (C=O) groups is 1. The summed E-state index contributed by atoms with van der Waals surface area (Å²) < 4.78 is 13.5. The summed E-state index contributed by atoms with van der Waals surface area (Å²) >= 11 is 0. The van der Waals surface area contributed by atoms with Gasteiger partial charge in [0.15, 0.2) is 0 Å². The van der Waals surface area contributed by atoms with Crippen molar-refractivity contribution in [3.63, 3.8) is 0 Å². The third-order valence-electron chi connectivity index (χ3n) is 5.44. The number of hydrogen-bond acceptors (Lipinski definition) is 3. The molecule has 26 heavy (non-hydrogen) atoms. The monoisotopic (exact) mass is 354 g/mol. The van der Waals surface area contributed by atoms with Crippen molar-refractivity contribution >= 4 is 5.91 Å². The maximum atomic E-state index is 13.5. The highest BCUT2D eigenvalue weighted by molar-refractivity contribution is 5.96. The Morgan fingerprint density at radius 3 is 2.58 bits per heavy atom. The van der Waals surface area contributed by atoms with Crippen molar-refractivity contribution in [3.05, 3.63) is 53.8 Å². The topological polar surface area (TPSA) is 43.8 Å². The number of likely N-dealkylation sites (tertiary alicyclic amines) is 2. The summed E-state index contributed by atoms with van der Waals surface area (Å²) in [4.78, 5) is 17.1. The Bertz CT molecular complexity index is 811. The van der Waals surface area contributed by atoms with E-state index in [1.54, 1.807) is 24.3 Å². The summed E-state index contributed by atoms with van der Waals surface area (Å²) in [5, 5.41) is 10.00. The van der Waals surface area contributed by atoms with Gasteiger partial charge in [0.25, 0.3) is 5.91 Å². The zero-order valence-electron chi connectivity index (χ0n) is 14.7. The SMILES string of the molecule is O=C(c1cccc(-c2cc(F)ccc2O)c1)N1CC(N2CCCCC2)C1. The molecule has 2 saturated heterocycles. The first-order valence-corrected chi connectivity index (χ1v) is 9.24. The molecule has 0 saturated carbocycles. The average Bonchev–Trinajstić information content (AvgIpc) is 2.63. The minimum atomic E-state index is -0.415. The Kier molecular flexibility index (Phi) is 4.64. The lowest BCUT2D eigenvalue weighted by molar-refractivity contribution is 0.0203. The van der Waals surface area contributed by atoms with E-state index < -0.39 is 5.82 Å². The van der Waals surface area contributed by atoms with Crippen LogP contribution in [0.3, 0.4) is 0 Å². The van der Waals surface area contributed by atoms with Gasteiger partial charge in [0.1, 0.15) is 11.6 Å². The first kappa shape index (κ1) is 17.0. The van der Waals surface area contributed by atoms with Crippen LogP contribution >= 0.6 is 0 Å². The molecular formula is C21H23FN2O2. The Balaban J connectivity index is 1.47. The smallest absolute Gasteiger partial charge is 0.253 e. The Labute approximate surface area is 152 Å². The number of rotatable bonds is 3. The van der Waals surface area contributed by atoms with Gasteiger partial charge in [-0.3, -0.25) is 9.69 Å². The molecule has 0 radical (unpaired) electrons. The predicted molar refractivity (Wildman–Crippen MR) is 98.6 cm³/mol. The van der Waals surface area contributed by atoms with Crippen LogP contribution in [0.4, 0.5) is 4.39 Å². The zero-order valence-corrected chi connectivity index (χ0v) is 14.7. The molecule has 0 bridgehead atoms. The second kappa shape index (κ2) is 7.08. The van der Waals surface area contributed by atoms with Crippen LogP contribution in [0, 0.1) is 5.82 Å². The third kappa shape index (κ3) is 3.31. The average molecular weight is 354 g/mol. The summed E-state index contributed by atoms with van der Waals surface area (Å²) in [5.41, 5.74) is 1.61. The van der Waals surface area contributed by atoms with E-state index in [0.717, 1.165) is 26.2 Å². The molecule has 0 unspecified atom stereocenters. The van der Waals surface area contributed by atoms with E-state index in [1.165, 1.54) is 37.5 Å². The molecule has 2 fully saturated rings. The highest BCUT2D eigenvalue weighted by Gasteiger charge is 2.35. The van der Waals surface area contributed by atoms with Crippen LogP contribution in [-0.2, 0) is 0 Å². The van der Waals surface area contributed by atoms with Crippen LogP contribution in [0.15, 0.2) is 42.5 Å². The van der Waals surface area contributed by atoms with Crippen molar-refractivity contribution in [2.45, 2.75) is 25.3 Å². The first-order valence-electron chi connectivity index (χ1n) is 9.24. The van der Waals surface area contributed by atoms with Gasteiger partial charge in [-0.15, -0.1) is 0 Å². The lowest BCUT2D eigenvalue weighted by Gasteiger charge is -2.46. The number of amides is 1. The van der Waals surface area contributed by atoms with Gasteiger partial charge < -0.3 is 10.0 Å². The molecule has 0 aliphatic carbocycles. The lowest BCUT2D eigenvalue weighted by atomic mass is 9.99. The molecule has 2 aliphatic rings. The molecule has 2 aromatic carbocycles. The number of phenols is 1.